The fraction of sp³-hybridized carbons (Fsp3) is 0.562. The van der Waals surface area contributed by atoms with E-state index in [4.69, 9.17) is 0 Å². The largest absolute Gasteiger partial charge is 0.341 e. The topological polar surface area (TPSA) is 71.8 Å². The number of aromatic nitrogens is 3. The maximum atomic E-state index is 12.5. The SMILES string of the molecule is CCC(NC(=O)c1ccn(C2CCCNC2)n1)c1nc(C)cs1.Cl. The van der Waals surface area contributed by atoms with E-state index in [1.165, 1.54) is 0 Å². The molecule has 1 aliphatic heterocycles. The van der Waals surface area contributed by atoms with Crippen LogP contribution in [0.25, 0.3) is 0 Å². The summed E-state index contributed by atoms with van der Waals surface area (Å²) in [7, 11) is 0. The van der Waals surface area contributed by atoms with Crippen molar-refractivity contribution < 1.29 is 4.79 Å². The number of rotatable bonds is 5. The molecule has 1 saturated heterocycles. The average Bonchev–Trinajstić information content (AvgIpc) is 3.22. The first-order valence-electron chi connectivity index (χ1n) is 8.16. The van der Waals surface area contributed by atoms with E-state index in [1.54, 1.807) is 17.4 Å². The van der Waals surface area contributed by atoms with E-state index >= 15 is 0 Å². The molecule has 1 fully saturated rings. The number of hydrogen-bond acceptors (Lipinski definition) is 5. The standard InChI is InChI=1S/C16H23N5OS.ClH/c1-3-13(16-18-11(2)10-23-16)19-15(22)14-6-8-21(20-14)12-5-4-7-17-9-12;/h6,8,10,12-13,17H,3-5,7,9H2,1-2H3,(H,19,22);1H. The van der Waals surface area contributed by atoms with Gasteiger partial charge in [0.25, 0.3) is 5.91 Å². The first-order chi connectivity index (χ1) is 11.2. The van der Waals surface area contributed by atoms with Gasteiger partial charge in [0.1, 0.15) is 10.7 Å². The highest BCUT2D eigenvalue weighted by molar-refractivity contribution is 7.09. The van der Waals surface area contributed by atoms with E-state index in [0.29, 0.717) is 11.7 Å². The van der Waals surface area contributed by atoms with Gasteiger partial charge in [-0.1, -0.05) is 6.92 Å². The van der Waals surface area contributed by atoms with Crippen LogP contribution < -0.4 is 10.6 Å². The van der Waals surface area contributed by atoms with Gasteiger partial charge < -0.3 is 10.6 Å². The van der Waals surface area contributed by atoms with Crippen molar-refractivity contribution in [3.8, 4) is 0 Å². The lowest BCUT2D eigenvalue weighted by Crippen LogP contribution is -2.32. The second-order valence-electron chi connectivity index (χ2n) is 5.94. The summed E-state index contributed by atoms with van der Waals surface area (Å²) in [5.74, 6) is -0.132. The summed E-state index contributed by atoms with van der Waals surface area (Å²) in [6.45, 7) is 6.00. The third-order valence-corrected chi connectivity index (χ3v) is 5.21. The third-order valence-electron chi connectivity index (χ3n) is 4.13. The van der Waals surface area contributed by atoms with Crippen LogP contribution in [0.2, 0.25) is 0 Å². The molecule has 1 aliphatic rings. The summed E-state index contributed by atoms with van der Waals surface area (Å²) in [6.07, 6.45) is 4.96. The maximum absolute atomic E-state index is 12.5. The van der Waals surface area contributed by atoms with Crippen LogP contribution in [0.1, 0.15) is 59.5 Å². The third kappa shape index (κ3) is 4.34. The van der Waals surface area contributed by atoms with Crippen LogP contribution in [0.15, 0.2) is 17.6 Å². The van der Waals surface area contributed by atoms with Crippen molar-refractivity contribution in [2.75, 3.05) is 13.1 Å². The minimum absolute atomic E-state index is 0. The molecule has 0 aliphatic carbocycles. The molecule has 0 radical (unpaired) electrons. The molecule has 2 N–H and O–H groups in total. The first kappa shape index (κ1) is 18.9. The Morgan fingerprint density at radius 3 is 3.04 bits per heavy atom. The van der Waals surface area contributed by atoms with E-state index in [9.17, 15) is 4.79 Å². The van der Waals surface area contributed by atoms with Crippen molar-refractivity contribution in [2.24, 2.45) is 0 Å². The molecule has 2 atom stereocenters. The number of carbonyl (C=O) groups is 1. The molecule has 2 unspecified atom stereocenters. The zero-order valence-electron chi connectivity index (χ0n) is 14.0. The Labute approximate surface area is 152 Å². The van der Waals surface area contributed by atoms with E-state index in [2.05, 4.69) is 20.7 Å². The Hall–Kier alpha value is -1.44. The normalized spacial score (nSPS) is 18.7. The summed E-state index contributed by atoms with van der Waals surface area (Å²) in [5, 5.41) is 13.8. The molecule has 3 rings (SSSR count). The fourth-order valence-electron chi connectivity index (χ4n) is 2.82. The van der Waals surface area contributed by atoms with Gasteiger partial charge in [0.05, 0.1) is 12.1 Å². The Morgan fingerprint density at radius 1 is 1.58 bits per heavy atom. The van der Waals surface area contributed by atoms with Crippen molar-refractivity contribution in [3.63, 3.8) is 0 Å². The van der Waals surface area contributed by atoms with Gasteiger partial charge in [-0.25, -0.2) is 4.98 Å². The van der Waals surface area contributed by atoms with Gasteiger partial charge >= 0.3 is 0 Å². The smallest absolute Gasteiger partial charge is 0.272 e. The van der Waals surface area contributed by atoms with Crippen molar-refractivity contribution in [1.82, 2.24) is 25.4 Å². The van der Waals surface area contributed by atoms with Crippen molar-refractivity contribution >= 4 is 29.7 Å². The number of nitrogens with one attached hydrogen (secondary N) is 2. The number of amides is 1. The lowest BCUT2D eigenvalue weighted by atomic mass is 10.1. The van der Waals surface area contributed by atoms with Crippen LogP contribution in [-0.4, -0.2) is 33.8 Å². The van der Waals surface area contributed by atoms with Gasteiger partial charge in [0.15, 0.2) is 0 Å². The molecule has 0 bridgehead atoms. The van der Waals surface area contributed by atoms with Gasteiger partial charge in [0.2, 0.25) is 0 Å². The minimum atomic E-state index is -0.132. The second-order valence-corrected chi connectivity index (χ2v) is 6.83. The monoisotopic (exact) mass is 369 g/mol. The number of piperidine rings is 1. The lowest BCUT2D eigenvalue weighted by Gasteiger charge is -2.22. The molecule has 0 saturated carbocycles. The maximum Gasteiger partial charge on any atom is 0.272 e. The Balaban J connectivity index is 0.00000208. The predicted octanol–water partition coefficient (Wildman–Crippen LogP) is 2.88. The molecule has 2 aromatic rings. The first-order valence-corrected chi connectivity index (χ1v) is 9.04. The van der Waals surface area contributed by atoms with Crippen LogP contribution >= 0.6 is 23.7 Å². The number of halogens is 1. The van der Waals surface area contributed by atoms with Crippen LogP contribution in [-0.2, 0) is 0 Å². The highest BCUT2D eigenvalue weighted by Crippen LogP contribution is 2.21. The van der Waals surface area contributed by atoms with E-state index in [0.717, 1.165) is 43.1 Å². The predicted molar refractivity (Wildman–Crippen MR) is 98.0 cm³/mol. The number of hydrogen-bond donors (Lipinski definition) is 2. The second kappa shape index (κ2) is 8.60. The quantitative estimate of drug-likeness (QED) is 0.850. The zero-order chi connectivity index (χ0) is 16.2. The molecule has 3 heterocycles. The molecular formula is C16H24ClN5OS. The molecule has 8 heteroatoms. The summed E-state index contributed by atoms with van der Waals surface area (Å²) in [5.41, 5.74) is 1.47. The summed E-state index contributed by atoms with van der Waals surface area (Å²) in [6, 6.07) is 2.08. The number of aryl methyl sites for hydroxylation is 1. The molecule has 0 aromatic carbocycles. The zero-order valence-corrected chi connectivity index (χ0v) is 15.6. The molecule has 6 nitrogen and oxygen atoms in total. The van der Waals surface area contributed by atoms with Crippen LogP contribution in [0, 0.1) is 6.92 Å². The average molecular weight is 370 g/mol. The van der Waals surface area contributed by atoms with E-state index < -0.39 is 0 Å². The molecule has 24 heavy (non-hydrogen) atoms. The lowest BCUT2D eigenvalue weighted by molar-refractivity contribution is 0.0929. The Kier molecular flexibility index (Phi) is 6.77. The van der Waals surface area contributed by atoms with Crippen molar-refractivity contribution in [2.45, 2.75) is 45.2 Å². The van der Waals surface area contributed by atoms with Crippen molar-refractivity contribution in [3.05, 3.63) is 34.0 Å². The van der Waals surface area contributed by atoms with Crippen LogP contribution in [0.5, 0.6) is 0 Å². The van der Waals surface area contributed by atoms with Gasteiger partial charge in [0, 0.05) is 23.8 Å². The van der Waals surface area contributed by atoms with Gasteiger partial charge in [-0.15, -0.1) is 23.7 Å². The Morgan fingerprint density at radius 2 is 2.42 bits per heavy atom. The van der Waals surface area contributed by atoms with Crippen LogP contribution in [0.3, 0.4) is 0 Å². The molecule has 2 aromatic heterocycles. The molecule has 0 spiro atoms. The van der Waals surface area contributed by atoms with Gasteiger partial charge in [-0.2, -0.15) is 5.10 Å². The van der Waals surface area contributed by atoms with Crippen molar-refractivity contribution in [1.29, 1.82) is 0 Å². The molecule has 132 valence electrons. The number of nitrogens with zero attached hydrogens (tertiary/aromatic N) is 3. The highest BCUT2D eigenvalue weighted by atomic mass is 35.5. The van der Waals surface area contributed by atoms with Crippen LogP contribution in [0.4, 0.5) is 0 Å². The summed E-state index contributed by atoms with van der Waals surface area (Å²) >= 11 is 1.59. The molecular weight excluding hydrogens is 346 g/mol. The number of carbonyl (C=O) groups excluding carboxylic acids is 1. The molecule has 1 amide bonds. The van der Waals surface area contributed by atoms with E-state index in [-0.39, 0.29) is 24.4 Å². The number of thiazole rings is 1. The van der Waals surface area contributed by atoms with E-state index in [1.807, 2.05) is 30.1 Å². The van der Waals surface area contributed by atoms with Gasteiger partial charge in [-0.05, 0) is 38.8 Å². The summed E-state index contributed by atoms with van der Waals surface area (Å²) < 4.78 is 1.91. The summed E-state index contributed by atoms with van der Waals surface area (Å²) in [4.78, 5) is 16.9. The minimum Gasteiger partial charge on any atom is -0.341 e. The fourth-order valence-corrected chi connectivity index (χ4v) is 3.76. The Bertz CT molecular complexity index is 665. The van der Waals surface area contributed by atoms with Gasteiger partial charge in [-0.3, -0.25) is 9.48 Å². The highest BCUT2D eigenvalue weighted by Gasteiger charge is 2.20.